The van der Waals surface area contributed by atoms with Crippen LogP contribution in [0.1, 0.15) is 34.0 Å². The predicted molar refractivity (Wildman–Crippen MR) is 112 cm³/mol. The van der Waals surface area contributed by atoms with Crippen LogP contribution in [-0.4, -0.2) is 23.0 Å². The fourth-order valence-electron chi connectivity index (χ4n) is 2.94. The highest BCUT2D eigenvalue weighted by atomic mass is 16.5. The molecular weight excluding hydrogens is 352 g/mol. The van der Waals surface area contributed by atoms with E-state index in [2.05, 4.69) is 27.5 Å². The molecule has 0 aliphatic carbocycles. The number of nitrogens with zero attached hydrogens (tertiary/aromatic N) is 2. The Bertz CT molecular complexity index is 984. The summed E-state index contributed by atoms with van der Waals surface area (Å²) in [5.74, 6) is 0.858. The van der Waals surface area contributed by atoms with Crippen molar-refractivity contribution >= 4 is 23.2 Å². The minimum Gasteiger partial charge on any atom is -0.495 e. The van der Waals surface area contributed by atoms with Crippen LogP contribution in [0.4, 0.5) is 17.3 Å². The number of nitrogens with one attached hydrogen (secondary N) is 2. The fraction of sp³-hybridized carbons (Fsp3) is 0.227. The van der Waals surface area contributed by atoms with Crippen molar-refractivity contribution in [1.82, 2.24) is 9.97 Å². The number of methoxy groups -OCH3 is 1. The van der Waals surface area contributed by atoms with Crippen LogP contribution >= 0.6 is 0 Å². The zero-order valence-electron chi connectivity index (χ0n) is 16.5. The van der Waals surface area contributed by atoms with Gasteiger partial charge in [0.1, 0.15) is 5.75 Å². The number of rotatable bonds is 6. The van der Waals surface area contributed by atoms with Crippen LogP contribution in [-0.2, 0) is 6.42 Å². The molecule has 0 fully saturated rings. The van der Waals surface area contributed by atoms with Gasteiger partial charge in [0.2, 0.25) is 5.95 Å². The van der Waals surface area contributed by atoms with Crippen molar-refractivity contribution in [3.05, 3.63) is 71.0 Å². The summed E-state index contributed by atoms with van der Waals surface area (Å²) < 4.78 is 5.35. The van der Waals surface area contributed by atoms with Crippen molar-refractivity contribution in [3.63, 3.8) is 0 Å². The maximum absolute atomic E-state index is 12.6. The Morgan fingerprint density at radius 2 is 1.86 bits per heavy atom. The van der Waals surface area contributed by atoms with Gasteiger partial charge in [-0.1, -0.05) is 31.2 Å². The number of hydrogen-bond donors (Lipinski definition) is 2. The van der Waals surface area contributed by atoms with Gasteiger partial charge in [-0.3, -0.25) is 4.79 Å². The molecule has 0 aliphatic rings. The Balaban J connectivity index is 1.76. The van der Waals surface area contributed by atoms with Gasteiger partial charge < -0.3 is 15.4 Å². The number of hydrogen-bond acceptors (Lipinski definition) is 5. The summed E-state index contributed by atoms with van der Waals surface area (Å²) in [5, 5.41) is 6.11. The Kier molecular flexibility index (Phi) is 5.89. The Hall–Kier alpha value is -3.41. The SMILES string of the molecule is CCc1cccc(C)c1NC(=O)c1cnc(Nc2cc(C)ccc2OC)nc1. The van der Waals surface area contributed by atoms with Crippen LogP contribution in [0, 0.1) is 13.8 Å². The first kappa shape index (κ1) is 19.4. The van der Waals surface area contributed by atoms with E-state index in [0.29, 0.717) is 17.3 Å². The summed E-state index contributed by atoms with van der Waals surface area (Å²) in [6.45, 7) is 6.04. The molecule has 28 heavy (non-hydrogen) atoms. The molecule has 1 heterocycles. The first-order valence-electron chi connectivity index (χ1n) is 9.15. The predicted octanol–water partition coefficient (Wildman–Crippen LogP) is 4.66. The monoisotopic (exact) mass is 376 g/mol. The third kappa shape index (κ3) is 4.28. The number of aryl methyl sites for hydroxylation is 3. The zero-order chi connectivity index (χ0) is 20.1. The minimum atomic E-state index is -0.233. The third-order valence-electron chi connectivity index (χ3n) is 4.49. The van der Waals surface area contributed by atoms with Gasteiger partial charge in [-0.2, -0.15) is 0 Å². The standard InChI is InChI=1S/C22H24N4O2/c1-5-16-8-6-7-15(3)20(16)26-21(27)17-12-23-22(24-13-17)25-18-11-14(2)9-10-19(18)28-4/h6-13H,5H2,1-4H3,(H,26,27)(H,23,24,25). The maximum atomic E-state index is 12.6. The normalized spacial score (nSPS) is 10.4. The molecule has 0 unspecified atom stereocenters. The van der Waals surface area contributed by atoms with Gasteiger partial charge in [-0.05, 0) is 49.1 Å². The molecule has 0 saturated carbocycles. The average Bonchev–Trinajstić information content (AvgIpc) is 2.70. The van der Waals surface area contributed by atoms with Gasteiger partial charge in [-0.15, -0.1) is 0 Å². The van der Waals surface area contributed by atoms with Crippen LogP contribution in [0.15, 0.2) is 48.8 Å². The maximum Gasteiger partial charge on any atom is 0.258 e. The number of aromatic nitrogens is 2. The first-order valence-corrected chi connectivity index (χ1v) is 9.15. The van der Waals surface area contributed by atoms with E-state index in [1.54, 1.807) is 7.11 Å². The van der Waals surface area contributed by atoms with Gasteiger partial charge in [0.25, 0.3) is 5.91 Å². The lowest BCUT2D eigenvalue weighted by Crippen LogP contribution is -2.15. The number of amides is 1. The van der Waals surface area contributed by atoms with E-state index in [4.69, 9.17) is 4.74 Å². The second-order valence-corrected chi connectivity index (χ2v) is 6.54. The van der Waals surface area contributed by atoms with Gasteiger partial charge >= 0.3 is 0 Å². The molecule has 6 nitrogen and oxygen atoms in total. The summed E-state index contributed by atoms with van der Waals surface area (Å²) >= 11 is 0. The van der Waals surface area contributed by atoms with Gasteiger partial charge in [0.05, 0.1) is 18.4 Å². The number of benzene rings is 2. The summed E-state index contributed by atoms with van der Waals surface area (Å²) in [5.41, 5.74) is 5.22. The number of carbonyl (C=O) groups is 1. The molecule has 2 N–H and O–H groups in total. The second-order valence-electron chi connectivity index (χ2n) is 6.54. The Morgan fingerprint density at radius 1 is 1.11 bits per heavy atom. The van der Waals surface area contributed by atoms with Crippen molar-refractivity contribution in [3.8, 4) is 5.75 Å². The smallest absolute Gasteiger partial charge is 0.258 e. The minimum absolute atomic E-state index is 0.233. The second kappa shape index (κ2) is 8.52. The third-order valence-corrected chi connectivity index (χ3v) is 4.49. The van der Waals surface area contributed by atoms with Crippen LogP contribution in [0.2, 0.25) is 0 Å². The number of anilines is 3. The highest BCUT2D eigenvalue weighted by molar-refractivity contribution is 6.04. The lowest BCUT2D eigenvalue weighted by Gasteiger charge is -2.13. The molecule has 2 aromatic carbocycles. The number of carbonyl (C=O) groups excluding carboxylic acids is 1. The quantitative estimate of drug-likeness (QED) is 0.654. The number of para-hydroxylation sites is 1. The van der Waals surface area contributed by atoms with Crippen molar-refractivity contribution in [2.24, 2.45) is 0 Å². The summed E-state index contributed by atoms with van der Waals surface area (Å²) in [4.78, 5) is 21.2. The highest BCUT2D eigenvalue weighted by Gasteiger charge is 2.12. The van der Waals surface area contributed by atoms with Crippen molar-refractivity contribution in [1.29, 1.82) is 0 Å². The first-order chi connectivity index (χ1) is 13.5. The van der Waals surface area contributed by atoms with Crippen LogP contribution in [0.5, 0.6) is 5.75 Å². The van der Waals surface area contributed by atoms with E-state index in [1.807, 2.05) is 50.2 Å². The largest absolute Gasteiger partial charge is 0.495 e. The van der Waals surface area contributed by atoms with Crippen LogP contribution in [0.3, 0.4) is 0 Å². The molecule has 144 valence electrons. The van der Waals surface area contributed by atoms with Crippen molar-refractivity contribution in [2.45, 2.75) is 27.2 Å². The van der Waals surface area contributed by atoms with E-state index in [0.717, 1.165) is 34.5 Å². The lowest BCUT2D eigenvalue weighted by molar-refractivity contribution is 0.102. The molecule has 0 saturated heterocycles. The van der Waals surface area contributed by atoms with Crippen LogP contribution in [0.25, 0.3) is 0 Å². The molecule has 0 atom stereocenters. The fourth-order valence-corrected chi connectivity index (χ4v) is 2.94. The topological polar surface area (TPSA) is 76.1 Å². The molecule has 1 aromatic heterocycles. The van der Waals surface area contributed by atoms with E-state index in [9.17, 15) is 4.79 Å². The molecule has 0 spiro atoms. The Morgan fingerprint density at radius 3 is 2.54 bits per heavy atom. The van der Waals surface area contributed by atoms with Crippen LogP contribution < -0.4 is 15.4 Å². The average molecular weight is 376 g/mol. The Labute approximate surface area is 165 Å². The van der Waals surface area contributed by atoms with E-state index >= 15 is 0 Å². The van der Waals surface area contributed by atoms with Gasteiger partial charge in [-0.25, -0.2) is 9.97 Å². The van der Waals surface area contributed by atoms with Crippen molar-refractivity contribution < 1.29 is 9.53 Å². The zero-order valence-corrected chi connectivity index (χ0v) is 16.5. The molecular formula is C22H24N4O2. The molecule has 0 bridgehead atoms. The number of ether oxygens (including phenoxy) is 1. The molecule has 0 aliphatic heterocycles. The molecule has 6 heteroatoms. The summed E-state index contributed by atoms with van der Waals surface area (Å²) in [6.07, 6.45) is 3.86. The molecule has 1 amide bonds. The molecule has 0 radical (unpaired) electrons. The summed E-state index contributed by atoms with van der Waals surface area (Å²) in [6, 6.07) is 11.8. The summed E-state index contributed by atoms with van der Waals surface area (Å²) in [7, 11) is 1.61. The van der Waals surface area contributed by atoms with Crippen molar-refractivity contribution in [2.75, 3.05) is 17.7 Å². The molecule has 3 rings (SSSR count). The lowest BCUT2D eigenvalue weighted by atomic mass is 10.1. The molecule has 3 aromatic rings. The highest BCUT2D eigenvalue weighted by Crippen LogP contribution is 2.27. The van der Waals surface area contributed by atoms with Gasteiger partial charge in [0.15, 0.2) is 0 Å². The van der Waals surface area contributed by atoms with Gasteiger partial charge in [0, 0.05) is 18.1 Å². The van der Waals surface area contributed by atoms with E-state index in [1.165, 1.54) is 12.4 Å². The van der Waals surface area contributed by atoms with E-state index in [-0.39, 0.29) is 5.91 Å². The van der Waals surface area contributed by atoms with E-state index < -0.39 is 0 Å².